The van der Waals surface area contributed by atoms with Crippen LogP contribution in [0.2, 0.25) is 0 Å². The lowest BCUT2D eigenvalue weighted by Crippen LogP contribution is -1.90. The van der Waals surface area contributed by atoms with Crippen LogP contribution in [0.5, 0.6) is 5.75 Å². The van der Waals surface area contributed by atoms with E-state index in [9.17, 15) is 5.11 Å². The SMILES string of the molecule is N#Cc1ccsc1-c1nc(Cc2ccc(O)cc2)no1. The van der Waals surface area contributed by atoms with E-state index in [4.69, 9.17) is 9.78 Å². The molecule has 2 aromatic heterocycles. The minimum Gasteiger partial charge on any atom is -0.508 e. The monoisotopic (exact) mass is 283 g/mol. The van der Waals surface area contributed by atoms with Crippen LogP contribution in [-0.2, 0) is 6.42 Å². The first-order chi connectivity index (χ1) is 9.76. The molecule has 0 amide bonds. The van der Waals surface area contributed by atoms with Crippen LogP contribution >= 0.6 is 11.3 Å². The standard InChI is InChI=1S/C14H9N3O2S/c15-8-10-5-6-20-13(10)14-16-12(17-19-14)7-9-1-3-11(18)4-2-9/h1-6,18H,7H2. The molecule has 0 fully saturated rings. The number of nitriles is 1. The molecule has 0 bridgehead atoms. The maximum absolute atomic E-state index is 9.23. The highest BCUT2D eigenvalue weighted by Gasteiger charge is 2.14. The number of phenols is 1. The third-order valence-electron chi connectivity index (χ3n) is 2.75. The van der Waals surface area contributed by atoms with E-state index in [1.54, 1.807) is 30.3 Å². The summed E-state index contributed by atoms with van der Waals surface area (Å²) >= 11 is 1.40. The highest BCUT2D eigenvalue weighted by atomic mass is 32.1. The second-order valence-electron chi connectivity index (χ2n) is 4.13. The molecule has 0 aliphatic heterocycles. The molecular weight excluding hydrogens is 274 g/mol. The molecule has 0 saturated heterocycles. The van der Waals surface area contributed by atoms with E-state index >= 15 is 0 Å². The van der Waals surface area contributed by atoms with Crippen molar-refractivity contribution in [3.8, 4) is 22.6 Å². The lowest BCUT2D eigenvalue weighted by molar-refractivity contribution is 0.424. The Hall–Kier alpha value is -2.65. The van der Waals surface area contributed by atoms with Crippen LogP contribution in [0.3, 0.4) is 0 Å². The van der Waals surface area contributed by atoms with Gasteiger partial charge in [-0.2, -0.15) is 10.2 Å². The van der Waals surface area contributed by atoms with Gasteiger partial charge in [0.1, 0.15) is 16.7 Å². The van der Waals surface area contributed by atoms with Gasteiger partial charge in [0.2, 0.25) is 0 Å². The first-order valence-electron chi connectivity index (χ1n) is 5.85. The normalized spacial score (nSPS) is 10.3. The molecule has 98 valence electrons. The van der Waals surface area contributed by atoms with Gasteiger partial charge in [-0.15, -0.1) is 11.3 Å². The Morgan fingerprint density at radius 3 is 2.80 bits per heavy atom. The van der Waals surface area contributed by atoms with Gasteiger partial charge in [-0.25, -0.2) is 0 Å². The number of phenolic OH excluding ortho intramolecular Hbond substituents is 1. The number of hydrogen-bond acceptors (Lipinski definition) is 6. The predicted molar refractivity (Wildman–Crippen MR) is 73.2 cm³/mol. The van der Waals surface area contributed by atoms with Crippen LogP contribution in [0, 0.1) is 11.3 Å². The number of aromatic hydroxyl groups is 1. The Morgan fingerprint density at radius 2 is 2.05 bits per heavy atom. The van der Waals surface area contributed by atoms with Gasteiger partial charge in [-0.3, -0.25) is 0 Å². The van der Waals surface area contributed by atoms with E-state index in [2.05, 4.69) is 16.2 Å². The summed E-state index contributed by atoms with van der Waals surface area (Å²) in [6, 6.07) is 10.7. The summed E-state index contributed by atoms with van der Waals surface area (Å²) < 4.78 is 5.20. The maximum atomic E-state index is 9.23. The highest BCUT2D eigenvalue weighted by Crippen LogP contribution is 2.27. The fraction of sp³-hybridized carbons (Fsp3) is 0.0714. The fourth-order valence-corrected chi connectivity index (χ4v) is 2.54. The zero-order valence-electron chi connectivity index (χ0n) is 10.3. The Bertz CT molecular complexity index is 768. The number of rotatable bonds is 3. The summed E-state index contributed by atoms with van der Waals surface area (Å²) in [5.41, 5.74) is 1.51. The van der Waals surface area contributed by atoms with E-state index in [1.807, 2.05) is 5.38 Å². The molecule has 0 atom stereocenters. The van der Waals surface area contributed by atoms with Gasteiger partial charge in [0.05, 0.1) is 5.56 Å². The average Bonchev–Trinajstić information content (AvgIpc) is 3.09. The lowest BCUT2D eigenvalue weighted by Gasteiger charge is -1.96. The van der Waals surface area contributed by atoms with Crippen LogP contribution < -0.4 is 0 Å². The van der Waals surface area contributed by atoms with Gasteiger partial charge in [-0.05, 0) is 29.1 Å². The Balaban J connectivity index is 1.84. The second-order valence-corrected chi connectivity index (χ2v) is 5.05. The fourth-order valence-electron chi connectivity index (χ4n) is 1.78. The molecule has 1 aromatic carbocycles. The van der Waals surface area contributed by atoms with Crippen LogP contribution in [0.1, 0.15) is 17.0 Å². The summed E-state index contributed by atoms with van der Waals surface area (Å²) in [4.78, 5) is 4.99. The van der Waals surface area contributed by atoms with Gasteiger partial charge in [0.15, 0.2) is 5.82 Å². The van der Waals surface area contributed by atoms with Gasteiger partial charge < -0.3 is 9.63 Å². The molecule has 2 heterocycles. The van der Waals surface area contributed by atoms with E-state index in [0.29, 0.717) is 28.6 Å². The van der Waals surface area contributed by atoms with E-state index < -0.39 is 0 Å². The molecule has 3 rings (SSSR count). The molecule has 0 aliphatic rings. The summed E-state index contributed by atoms with van der Waals surface area (Å²) in [6.45, 7) is 0. The van der Waals surface area contributed by atoms with Gasteiger partial charge in [0.25, 0.3) is 5.89 Å². The molecule has 0 saturated carbocycles. The molecular formula is C14H9N3O2S. The third kappa shape index (κ3) is 2.39. The van der Waals surface area contributed by atoms with Crippen LogP contribution in [0.15, 0.2) is 40.2 Å². The van der Waals surface area contributed by atoms with Crippen molar-refractivity contribution in [2.75, 3.05) is 0 Å². The quantitative estimate of drug-likeness (QED) is 0.799. The van der Waals surface area contributed by atoms with Crippen molar-refractivity contribution >= 4 is 11.3 Å². The molecule has 6 heteroatoms. The Morgan fingerprint density at radius 1 is 1.25 bits per heavy atom. The molecule has 0 aliphatic carbocycles. The highest BCUT2D eigenvalue weighted by molar-refractivity contribution is 7.13. The smallest absolute Gasteiger partial charge is 0.269 e. The van der Waals surface area contributed by atoms with Gasteiger partial charge in [0, 0.05) is 6.42 Å². The first-order valence-corrected chi connectivity index (χ1v) is 6.72. The van der Waals surface area contributed by atoms with Gasteiger partial charge in [-0.1, -0.05) is 17.3 Å². The van der Waals surface area contributed by atoms with Crippen molar-refractivity contribution in [3.63, 3.8) is 0 Å². The Kier molecular flexibility index (Phi) is 3.19. The maximum Gasteiger partial charge on any atom is 0.269 e. The zero-order chi connectivity index (χ0) is 13.9. The summed E-state index contributed by atoms with van der Waals surface area (Å²) in [6.07, 6.45) is 0.511. The van der Waals surface area contributed by atoms with Crippen molar-refractivity contribution in [2.45, 2.75) is 6.42 Å². The number of aromatic nitrogens is 2. The minimum absolute atomic E-state index is 0.222. The van der Waals surface area contributed by atoms with Crippen LogP contribution in [0.25, 0.3) is 10.8 Å². The number of nitrogens with zero attached hydrogens (tertiary/aromatic N) is 3. The first kappa shape index (κ1) is 12.4. The van der Waals surface area contributed by atoms with Gasteiger partial charge >= 0.3 is 0 Å². The summed E-state index contributed by atoms with van der Waals surface area (Å²) in [7, 11) is 0. The van der Waals surface area contributed by atoms with Crippen molar-refractivity contribution in [3.05, 3.63) is 52.7 Å². The van der Waals surface area contributed by atoms with E-state index in [1.165, 1.54) is 11.3 Å². The second kappa shape index (κ2) is 5.15. The molecule has 20 heavy (non-hydrogen) atoms. The zero-order valence-corrected chi connectivity index (χ0v) is 11.1. The average molecular weight is 283 g/mol. The molecule has 1 N–H and O–H groups in total. The van der Waals surface area contributed by atoms with Crippen molar-refractivity contribution in [1.82, 2.24) is 10.1 Å². The molecule has 0 spiro atoms. The topological polar surface area (TPSA) is 82.9 Å². The van der Waals surface area contributed by atoms with Crippen LogP contribution in [-0.4, -0.2) is 15.2 Å². The van der Waals surface area contributed by atoms with E-state index in [-0.39, 0.29) is 5.75 Å². The number of hydrogen-bond donors (Lipinski definition) is 1. The predicted octanol–water partition coefficient (Wildman–Crippen LogP) is 2.97. The van der Waals surface area contributed by atoms with Crippen molar-refractivity contribution in [1.29, 1.82) is 5.26 Å². The Labute approximate surface area is 118 Å². The number of benzene rings is 1. The molecule has 3 aromatic rings. The lowest BCUT2D eigenvalue weighted by atomic mass is 10.1. The van der Waals surface area contributed by atoms with Crippen molar-refractivity contribution in [2.24, 2.45) is 0 Å². The summed E-state index contributed by atoms with van der Waals surface area (Å²) in [5.74, 6) is 1.13. The number of thiophene rings is 1. The van der Waals surface area contributed by atoms with Crippen LogP contribution in [0.4, 0.5) is 0 Å². The van der Waals surface area contributed by atoms with E-state index in [0.717, 1.165) is 5.56 Å². The summed E-state index contributed by atoms with van der Waals surface area (Å²) in [5, 5.41) is 23.9. The molecule has 0 radical (unpaired) electrons. The molecule has 0 unspecified atom stereocenters. The molecule has 5 nitrogen and oxygen atoms in total. The largest absolute Gasteiger partial charge is 0.508 e. The third-order valence-corrected chi connectivity index (χ3v) is 3.65. The minimum atomic E-state index is 0.222. The van der Waals surface area contributed by atoms with Crippen molar-refractivity contribution < 1.29 is 9.63 Å².